The number of hydrogen-bond donors (Lipinski definition) is 1. The number of thiophene rings is 1. The van der Waals surface area contributed by atoms with Crippen LogP contribution in [-0.2, 0) is 9.84 Å². The van der Waals surface area contributed by atoms with Gasteiger partial charge in [0.1, 0.15) is 0 Å². The smallest absolute Gasteiger partial charge is 0.257 e. The Morgan fingerprint density at radius 2 is 1.90 bits per heavy atom. The van der Waals surface area contributed by atoms with Gasteiger partial charge in [0.15, 0.2) is 9.84 Å². The zero-order valence-corrected chi connectivity index (χ0v) is 15.9. The number of rotatable bonds is 3. The molecule has 1 aromatic carbocycles. The van der Waals surface area contributed by atoms with Crippen LogP contribution in [0.5, 0.6) is 0 Å². The molecule has 0 bridgehead atoms. The minimum absolute atomic E-state index is 0.175. The summed E-state index contributed by atoms with van der Waals surface area (Å²) in [5.74, 6) is -0.294. The van der Waals surface area contributed by atoms with Gasteiger partial charge < -0.3 is 5.32 Å². The van der Waals surface area contributed by atoms with Crippen molar-refractivity contribution in [1.82, 2.24) is 0 Å². The van der Waals surface area contributed by atoms with E-state index in [1.54, 1.807) is 19.1 Å². The van der Waals surface area contributed by atoms with Gasteiger partial charge in [-0.3, -0.25) is 4.79 Å². The first-order chi connectivity index (χ1) is 9.68. The summed E-state index contributed by atoms with van der Waals surface area (Å²) in [5.41, 5.74) is 1.77. The predicted molar refractivity (Wildman–Crippen MR) is 92.0 cm³/mol. The second-order valence-electron chi connectivity index (χ2n) is 4.44. The monoisotopic (exact) mass is 451 g/mol. The van der Waals surface area contributed by atoms with Crippen molar-refractivity contribution in [2.45, 2.75) is 11.8 Å². The molecule has 4 nitrogen and oxygen atoms in total. The Morgan fingerprint density at radius 3 is 2.43 bits per heavy atom. The molecule has 0 aliphatic carbocycles. The third kappa shape index (κ3) is 3.94. The van der Waals surface area contributed by atoms with Crippen LogP contribution in [-0.4, -0.2) is 20.6 Å². The molecule has 8 heteroatoms. The number of carbonyl (C=O) groups excluding carboxylic acids is 1. The summed E-state index contributed by atoms with van der Waals surface area (Å²) in [6.07, 6.45) is 1.13. The fraction of sp³-hybridized carbons (Fsp3) is 0.154. The quantitative estimate of drug-likeness (QED) is 0.757. The largest absolute Gasteiger partial charge is 0.322 e. The van der Waals surface area contributed by atoms with E-state index in [-0.39, 0.29) is 10.8 Å². The molecule has 0 aliphatic heterocycles. The number of sulfone groups is 1. The summed E-state index contributed by atoms with van der Waals surface area (Å²) in [7, 11) is -3.31. The molecule has 0 saturated carbocycles. The Balaban J connectivity index is 2.35. The zero-order chi connectivity index (χ0) is 15.8. The molecule has 0 radical (unpaired) electrons. The number of halogens is 2. The molecule has 2 rings (SSSR count). The van der Waals surface area contributed by atoms with E-state index in [1.807, 2.05) is 0 Å². The number of hydrogen-bond acceptors (Lipinski definition) is 4. The Morgan fingerprint density at radius 1 is 1.24 bits per heavy atom. The van der Waals surface area contributed by atoms with Gasteiger partial charge in [-0.15, -0.1) is 11.3 Å². The normalized spacial score (nSPS) is 11.4. The van der Waals surface area contributed by atoms with Crippen LogP contribution in [0.25, 0.3) is 0 Å². The predicted octanol–water partition coefficient (Wildman–Crippen LogP) is 4.24. The summed E-state index contributed by atoms with van der Waals surface area (Å²) < 4.78 is 24.7. The van der Waals surface area contributed by atoms with Crippen LogP contribution in [0.15, 0.2) is 36.7 Å². The number of nitrogens with one attached hydrogen (secondary N) is 1. The van der Waals surface area contributed by atoms with Crippen molar-refractivity contribution in [2.75, 3.05) is 11.6 Å². The molecule has 112 valence electrons. The van der Waals surface area contributed by atoms with Gasteiger partial charge >= 0.3 is 0 Å². The molecule has 0 saturated heterocycles. The lowest BCUT2D eigenvalue weighted by atomic mass is 10.2. The second kappa shape index (κ2) is 6.20. The molecule has 0 spiro atoms. The van der Waals surface area contributed by atoms with Gasteiger partial charge in [0.2, 0.25) is 0 Å². The van der Waals surface area contributed by atoms with Gasteiger partial charge in [-0.2, -0.15) is 0 Å². The van der Waals surface area contributed by atoms with Crippen LogP contribution in [0.3, 0.4) is 0 Å². The van der Waals surface area contributed by atoms with E-state index in [1.165, 1.54) is 23.5 Å². The second-order valence-corrected chi connectivity index (χ2v) is 10.2. The number of aryl methyl sites for hydroxylation is 1. The van der Waals surface area contributed by atoms with Gasteiger partial charge in [-0.05, 0) is 62.5 Å². The van der Waals surface area contributed by atoms with Crippen LogP contribution >= 0.6 is 43.2 Å². The van der Waals surface area contributed by atoms with Crippen molar-refractivity contribution in [3.8, 4) is 0 Å². The highest BCUT2D eigenvalue weighted by atomic mass is 79.9. The molecule has 2 aromatic rings. The molecule has 1 amide bonds. The Labute approximate surface area is 143 Å². The Bertz CT molecular complexity index is 813. The third-order valence-corrected chi connectivity index (χ3v) is 6.24. The summed E-state index contributed by atoms with van der Waals surface area (Å²) >= 11 is 8.04. The molecule has 1 aromatic heterocycles. The molecule has 0 fully saturated rings. The van der Waals surface area contributed by atoms with E-state index >= 15 is 0 Å². The summed E-state index contributed by atoms with van der Waals surface area (Å²) in [6, 6.07) is 6.37. The first-order valence-electron chi connectivity index (χ1n) is 5.75. The van der Waals surface area contributed by atoms with E-state index < -0.39 is 9.84 Å². The standard InChI is InChI=1S/C13H11Br2NO3S2/c1-7-3-4-8(21(2,18)19)5-10(7)16-13(17)9-6-11(14)20-12(9)15/h3-6H,1-2H3,(H,16,17). The molecule has 0 atom stereocenters. The van der Waals surface area contributed by atoms with Gasteiger partial charge in [0, 0.05) is 11.9 Å². The SMILES string of the molecule is Cc1ccc(S(C)(=O)=O)cc1NC(=O)c1cc(Br)sc1Br. The molecular formula is C13H11Br2NO3S2. The summed E-state index contributed by atoms with van der Waals surface area (Å²) in [5, 5.41) is 2.75. The Hall–Kier alpha value is -0.700. The van der Waals surface area contributed by atoms with E-state index in [9.17, 15) is 13.2 Å². The maximum atomic E-state index is 12.3. The highest BCUT2D eigenvalue weighted by Gasteiger charge is 2.16. The van der Waals surface area contributed by atoms with Crippen molar-refractivity contribution in [1.29, 1.82) is 0 Å². The lowest BCUT2D eigenvalue weighted by Crippen LogP contribution is -2.13. The summed E-state index contributed by atoms with van der Waals surface area (Å²) in [4.78, 5) is 12.4. The van der Waals surface area contributed by atoms with Gasteiger partial charge in [-0.25, -0.2) is 8.42 Å². The van der Waals surface area contributed by atoms with E-state index in [0.717, 1.165) is 15.6 Å². The van der Waals surface area contributed by atoms with E-state index in [2.05, 4.69) is 37.2 Å². The highest BCUT2D eigenvalue weighted by Crippen LogP contribution is 2.32. The highest BCUT2D eigenvalue weighted by molar-refractivity contribution is 9.12. The average Bonchev–Trinajstić information content (AvgIpc) is 2.70. The minimum atomic E-state index is -3.31. The van der Waals surface area contributed by atoms with Gasteiger partial charge in [-0.1, -0.05) is 6.07 Å². The van der Waals surface area contributed by atoms with Crippen LogP contribution in [0.4, 0.5) is 5.69 Å². The number of carbonyl (C=O) groups is 1. The maximum absolute atomic E-state index is 12.3. The average molecular weight is 453 g/mol. The van der Waals surface area contributed by atoms with E-state index in [4.69, 9.17) is 0 Å². The number of amides is 1. The fourth-order valence-corrected chi connectivity index (χ4v) is 5.09. The van der Waals surface area contributed by atoms with Crippen molar-refractivity contribution in [2.24, 2.45) is 0 Å². The summed E-state index contributed by atoms with van der Waals surface area (Å²) in [6.45, 7) is 1.81. The minimum Gasteiger partial charge on any atom is -0.322 e. The number of anilines is 1. The van der Waals surface area contributed by atoms with Crippen LogP contribution < -0.4 is 5.32 Å². The molecule has 0 unspecified atom stereocenters. The Kier molecular flexibility index (Phi) is 4.92. The first-order valence-corrected chi connectivity index (χ1v) is 10.0. The van der Waals surface area contributed by atoms with Crippen molar-refractivity contribution in [3.63, 3.8) is 0 Å². The lowest BCUT2D eigenvalue weighted by molar-refractivity contribution is 0.102. The topological polar surface area (TPSA) is 63.2 Å². The maximum Gasteiger partial charge on any atom is 0.257 e. The fourth-order valence-electron chi connectivity index (χ4n) is 1.65. The van der Waals surface area contributed by atoms with Crippen LogP contribution in [0, 0.1) is 6.92 Å². The molecule has 1 N–H and O–H groups in total. The van der Waals surface area contributed by atoms with Crippen molar-refractivity contribution < 1.29 is 13.2 Å². The van der Waals surface area contributed by atoms with Crippen LogP contribution in [0.2, 0.25) is 0 Å². The zero-order valence-electron chi connectivity index (χ0n) is 11.1. The molecule has 21 heavy (non-hydrogen) atoms. The molecule has 1 heterocycles. The lowest BCUT2D eigenvalue weighted by Gasteiger charge is -2.09. The molecular weight excluding hydrogens is 442 g/mol. The van der Waals surface area contributed by atoms with Gasteiger partial charge in [0.25, 0.3) is 5.91 Å². The number of benzene rings is 1. The van der Waals surface area contributed by atoms with E-state index in [0.29, 0.717) is 15.0 Å². The first kappa shape index (κ1) is 16.7. The van der Waals surface area contributed by atoms with Crippen molar-refractivity contribution >= 4 is 64.6 Å². The van der Waals surface area contributed by atoms with Crippen molar-refractivity contribution in [3.05, 3.63) is 43.0 Å². The molecule has 0 aliphatic rings. The third-order valence-electron chi connectivity index (χ3n) is 2.79. The van der Waals surface area contributed by atoms with Gasteiger partial charge in [0.05, 0.1) is 18.0 Å². The van der Waals surface area contributed by atoms with Crippen LogP contribution in [0.1, 0.15) is 15.9 Å².